The van der Waals surface area contributed by atoms with E-state index < -0.39 is 11.2 Å². The molecule has 0 atom stereocenters. The van der Waals surface area contributed by atoms with Gasteiger partial charge in [0.1, 0.15) is 11.4 Å². The fraction of sp³-hybridized carbons (Fsp3) is 0.0833. The van der Waals surface area contributed by atoms with Gasteiger partial charge in [0.15, 0.2) is 6.29 Å². The van der Waals surface area contributed by atoms with Crippen LogP contribution in [0, 0.1) is 0 Å². The summed E-state index contributed by atoms with van der Waals surface area (Å²) in [4.78, 5) is 15.0. The summed E-state index contributed by atoms with van der Waals surface area (Å²) in [6.45, 7) is 0. The highest BCUT2D eigenvalue weighted by atomic mass is 35.5. The van der Waals surface area contributed by atoms with E-state index in [-0.39, 0.29) is 21.4 Å². The van der Waals surface area contributed by atoms with E-state index in [0.717, 1.165) is 4.52 Å². The molecule has 0 aliphatic carbocycles. The first-order valence-corrected chi connectivity index (χ1v) is 7.26. The summed E-state index contributed by atoms with van der Waals surface area (Å²) in [5.74, 6) is 0. The number of nitrogens with zero attached hydrogens (tertiary/aromatic N) is 3. The smallest absolute Gasteiger partial charge is 0.296 e. The molecule has 0 spiro atoms. The minimum absolute atomic E-state index is 0.0447. The van der Waals surface area contributed by atoms with Gasteiger partial charge in [-0.15, -0.1) is 5.10 Å². The number of fused-ring (bicyclic) bond motifs is 1. The highest BCUT2D eigenvalue weighted by Crippen LogP contribution is 2.37. The van der Waals surface area contributed by atoms with Crippen LogP contribution in [0.2, 0.25) is 10.0 Å². The van der Waals surface area contributed by atoms with Crippen LogP contribution in [-0.4, -0.2) is 20.9 Å². The average molecular weight is 366 g/mol. The Kier molecular flexibility index (Phi) is 3.62. The Bertz CT molecular complexity index is 888. The second-order valence-corrected chi connectivity index (χ2v) is 5.99. The Morgan fingerprint density at radius 3 is 2.59 bits per heavy atom. The summed E-state index contributed by atoms with van der Waals surface area (Å²) < 4.78 is 39.2. The quantitative estimate of drug-likeness (QED) is 0.623. The monoisotopic (exact) mass is 365 g/mol. The summed E-state index contributed by atoms with van der Waals surface area (Å²) in [6.07, 6.45) is -4.15. The predicted molar refractivity (Wildman–Crippen MR) is 76.7 cm³/mol. The van der Waals surface area contributed by atoms with Gasteiger partial charge in [0.05, 0.1) is 5.02 Å². The van der Waals surface area contributed by atoms with Gasteiger partial charge in [-0.2, -0.15) is 13.2 Å². The van der Waals surface area contributed by atoms with Crippen LogP contribution in [0.4, 0.5) is 13.2 Å². The number of carbonyl (C=O) groups is 1. The number of halogens is 5. The molecule has 3 rings (SSSR count). The largest absolute Gasteiger partial charge is 0.445 e. The Morgan fingerprint density at radius 2 is 2.00 bits per heavy atom. The van der Waals surface area contributed by atoms with Gasteiger partial charge in [-0.25, -0.2) is 9.50 Å². The van der Waals surface area contributed by atoms with Crippen LogP contribution in [0.5, 0.6) is 0 Å². The molecular formula is C12H4Cl2F3N3OS. The van der Waals surface area contributed by atoms with Crippen LogP contribution in [0.25, 0.3) is 16.2 Å². The Labute approximate surface area is 135 Å². The van der Waals surface area contributed by atoms with Crippen molar-refractivity contribution in [2.24, 2.45) is 0 Å². The molecule has 1 aromatic carbocycles. The number of imidazole rings is 1. The maximum Gasteiger partial charge on any atom is 0.445 e. The van der Waals surface area contributed by atoms with Gasteiger partial charge in [0, 0.05) is 10.6 Å². The van der Waals surface area contributed by atoms with Gasteiger partial charge in [-0.05, 0) is 18.2 Å². The predicted octanol–water partition coefficient (Wildman–Crippen LogP) is 4.60. The zero-order valence-corrected chi connectivity index (χ0v) is 12.7. The number of benzene rings is 1. The molecule has 22 heavy (non-hydrogen) atoms. The maximum absolute atomic E-state index is 12.7. The van der Waals surface area contributed by atoms with Crippen LogP contribution in [0.3, 0.4) is 0 Å². The minimum Gasteiger partial charge on any atom is -0.296 e. The third kappa shape index (κ3) is 2.47. The molecule has 0 saturated heterocycles. The molecule has 2 heterocycles. The number of rotatable bonds is 2. The summed E-state index contributed by atoms with van der Waals surface area (Å²) in [5, 5.41) is 2.97. The standard InChI is InChI=1S/C12H4Cl2F3N3OS/c13-5-1-2-6(7(14)3-5)9-8(4-21)18-11-20(9)19-10(22-11)12(15,16)17/h1-4H. The first kappa shape index (κ1) is 15.3. The molecule has 2 aromatic heterocycles. The number of hydrogen-bond donors (Lipinski definition) is 0. The van der Waals surface area contributed by atoms with Crippen molar-refractivity contribution < 1.29 is 18.0 Å². The third-order valence-corrected chi connectivity index (χ3v) is 4.27. The van der Waals surface area contributed by atoms with E-state index in [1.807, 2.05) is 0 Å². The zero-order valence-electron chi connectivity index (χ0n) is 10.4. The van der Waals surface area contributed by atoms with Crippen molar-refractivity contribution >= 4 is 45.8 Å². The normalized spacial score (nSPS) is 12.0. The lowest BCUT2D eigenvalue weighted by atomic mass is 10.1. The second kappa shape index (κ2) is 5.22. The van der Waals surface area contributed by atoms with E-state index in [2.05, 4.69) is 10.1 Å². The van der Waals surface area contributed by atoms with Crippen LogP contribution in [-0.2, 0) is 6.18 Å². The SMILES string of the molecule is O=Cc1nc2sc(C(F)(F)F)nn2c1-c1ccc(Cl)cc1Cl. The fourth-order valence-corrected chi connectivity index (χ4v) is 3.17. The van der Waals surface area contributed by atoms with E-state index in [9.17, 15) is 18.0 Å². The Hall–Kier alpha value is -1.64. The van der Waals surface area contributed by atoms with E-state index in [4.69, 9.17) is 23.2 Å². The molecular weight excluding hydrogens is 362 g/mol. The highest BCUT2D eigenvalue weighted by Gasteiger charge is 2.36. The van der Waals surface area contributed by atoms with Crippen LogP contribution < -0.4 is 0 Å². The molecule has 0 aliphatic heterocycles. The molecule has 0 aliphatic rings. The van der Waals surface area contributed by atoms with Crippen molar-refractivity contribution in [2.75, 3.05) is 0 Å². The summed E-state index contributed by atoms with van der Waals surface area (Å²) >= 11 is 12.2. The molecule has 114 valence electrons. The first-order valence-electron chi connectivity index (χ1n) is 5.68. The molecule has 0 amide bonds. The molecule has 3 aromatic rings. The second-order valence-electron chi connectivity index (χ2n) is 4.19. The van der Waals surface area contributed by atoms with Crippen LogP contribution in [0.15, 0.2) is 18.2 Å². The first-order chi connectivity index (χ1) is 10.3. The van der Waals surface area contributed by atoms with Crippen molar-refractivity contribution in [1.82, 2.24) is 14.6 Å². The number of carbonyl (C=O) groups excluding carboxylic acids is 1. The summed E-state index contributed by atoms with van der Waals surface area (Å²) in [5.41, 5.74) is 0.370. The molecule has 0 bridgehead atoms. The van der Waals surface area contributed by atoms with Gasteiger partial charge in [-0.3, -0.25) is 4.79 Å². The van der Waals surface area contributed by atoms with Crippen molar-refractivity contribution in [2.45, 2.75) is 6.18 Å². The number of alkyl halides is 3. The molecule has 0 N–H and O–H groups in total. The van der Waals surface area contributed by atoms with E-state index in [1.54, 1.807) is 0 Å². The van der Waals surface area contributed by atoms with Crippen molar-refractivity contribution in [3.05, 3.63) is 38.9 Å². The lowest BCUT2D eigenvalue weighted by Gasteiger charge is -2.04. The summed E-state index contributed by atoms with van der Waals surface area (Å²) in [7, 11) is 0. The highest BCUT2D eigenvalue weighted by molar-refractivity contribution is 7.16. The number of aldehydes is 1. The Morgan fingerprint density at radius 1 is 1.27 bits per heavy atom. The Balaban J connectivity index is 2.30. The van der Waals surface area contributed by atoms with Gasteiger partial charge in [0.2, 0.25) is 9.97 Å². The van der Waals surface area contributed by atoms with Gasteiger partial charge < -0.3 is 0 Å². The zero-order chi connectivity index (χ0) is 16.1. The minimum atomic E-state index is -4.59. The van der Waals surface area contributed by atoms with Crippen LogP contribution >= 0.6 is 34.5 Å². The molecule has 0 saturated carbocycles. The topological polar surface area (TPSA) is 47.3 Å². The van der Waals surface area contributed by atoms with E-state index in [0.29, 0.717) is 28.2 Å². The lowest BCUT2D eigenvalue weighted by molar-refractivity contribution is -0.138. The molecule has 10 heteroatoms. The van der Waals surface area contributed by atoms with Crippen molar-refractivity contribution in [3.8, 4) is 11.3 Å². The number of aromatic nitrogens is 3. The summed E-state index contributed by atoms with van der Waals surface area (Å²) in [6, 6.07) is 4.42. The van der Waals surface area contributed by atoms with Gasteiger partial charge >= 0.3 is 6.18 Å². The van der Waals surface area contributed by atoms with Crippen molar-refractivity contribution in [3.63, 3.8) is 0 Å². The van der Waals surface area contributed by atoms with Crippen molar-refractivity contribution in [1.29, 1.82) is 0 Å². The molecule has 4 nitrogen and oxygen atoms in total. The van der Waals surface area contributed by atoms with Gasteiger partial charge in [0.25, 0.3) is 0 Å². The molecule has 0 radical (unpaired) electrons. The van der Waals surface area contributed by atoms with Gasteiger partial charge in [-0.1, -0.05) is 34.5 Å². The number of hydrogen-bond acceptors (Lipinski definition) is 4. The van der Waals surface area contributed by atoms with E-state index in [1.165, 1.54) is 18.2 Å². The average Bonchev–Trinajstić information content (AvgIpc) is 2.96. The molecule has 0 unspecified atom stereocenters. The third-order valence-electron chi connectivity index (χ3n) is 2.77. The maximum atomic E-state index is 12.7. The fourth-order valence-electron chi connectivity index (χ4n) is 1.89. The molecule has 0 fully saturated rings. The van der Waals surface area contributed by atoms with Crippen LogP contribution in [0.1, 0.15) is 15.5 Å². The van der Waals surface area contributed by atoms with E-state index >= 15 is 0 Å². The lowest BCUT2D eigenvalue weighted by Crippen LogP contribution is -2.05.